The summed E-state index contributed by atoms with van der Waals surface area (Å²) in [5.74, 6) is 0.305. The molecule has 1 N–H and O–H groups in total. The second kappa shape index (κ2) is 11.2. The van der Waals surface area contributed by atoms with Crippen LogP contribution in [0.25, 0.3) is 0 Å². The van der Waals surface area contributed by atoms with Crippen LogP contribution in [0.3, 0.4) is 0 Å². The normalized spacial score (nSPS) is 22.4. The van der Waals surface area contributed by atoms with Crippen molar-refractivity contribution in [3.05, 3.63) is 70.7 Å². The van der Waals surface area contributed by atoms with Crippen LogP contribution < -0.4 is 5.32 Å². The maximum absolute atomic E-state index is 13.1. The van der Waals surface area contributed by atoms with Crippen LogP contribution in [0.4, 0.5) is 0 Å². The standard InChI is InChI=1S/C28H33ClN2O3/c29-24-11-8-22(9-12-24)19-28(16-14-26(33)30-28)17-15-27(34)31-18-4-7-23(20-31)25(32)13-10-21-5-2-1-3-6-21/h1-3,5-6,8-9,11-12,23H,4,7,10,13-20H2,(H,30,33)/t23-,28+/m0/s1. The Morgan fingerprint density at radius 2 is 1.79 bits per heavy atom. The van der Waals surface area contributed by atoms with Crippen LogP contribution in [0.15, 0.2) is 54.6 Å². The van der Waals surface area contributed by atoms with Crippen LogP contribution in [0, 0.1) is 5.92 Å². The number of nitrogens with one attached hydrogen (secondary N) is 1. The minimum Gasteiger partial charge on any atom is -0.350 e. The summed E-state index contributed by atoms with van der Waals surface area (Å²) < 4.78 is 0. The molecule has 0 aromatic heterocycles. The van der Waals surface area contributed by atoms with Crippen molar-refractivity contribution in [2.24, 2.45) is 5.92 Å². The first-order valence-corrected chi connectivity index (χ1v) is 12.7. The number of piperidine rings is 1. The van der Waals surface area contributed by atoms with Crippen LogP contribution in [0.5, 0.6) is 0 Å². The van der Waals surface area contributed by atoms with Crippen LogP contribution in [-0.2, 0) is 27.2 Å². The van der Waals surface area contributed by atoms with Gasteiger partial charge in [0.1, 0.15) is 5.78 Å². The molecule has 2 atom stereocenters. The highest BCUT2D eigenvalue weighted by Gasteiger charge is 2.38. The summed E-state index contributed by atoms with van der Waals surface area (Å²) >= 11 is 6.02. The average molecular weight is 481 g/mol. The van der Waals surface area contributed by atoms with Gasteiger partial charge in [0, 0.05) is 48.8 Å². The topological polar surface area (TPSA) is 66.5 Å². The number of aryl methyl sites for hydroxylation is 1. The van der Waals surface area contributed by atoms with E-state index in [-0.39, 0.29) is 23.5 Å². The van der Waals surface area contributed by atoms with Gasteiger partial charge < -0.3 is 10.2 Å². The van der Waals surface area contributed by atoms with E-state index < -0.39 is 5.54 Å². The summed E-state index contributed by atoms with van der Waals surface area (Å²) in [6.45, 7) is 1.22. The molecular weight excluding hydrogens is 448 g/mol. The first-order valence-electron chi connectivity index (χ1n) is 12.3. The lowest BCUT2D eigenvalue weighted by Crippen LogP contribution is -2.46. The predicted octanol–water partition coefficient (Wildman–Crippen LogP) is 4.75. The molecule has 4 rings (SSSR count). The van der Waals surface area contributed by atoms with Crippen molar-refractivity contribution in [3.8, 4) is 0 Å². The van der Waals surface area contributed by atoms with Gasteiger partial charge in [0.25, 0.3) is 0 Å². The predicted molar refractivity (Wildman–Crippen MR) is 134 cm³/mol. The molecule has 5 nitrogen and oxygen atoms in total. The average Bonchev–Trinajstić information content (AvgIpc) is 3.23. The molecule has 2 aliphatic rings. The second-order valence-corrected chi connectivity index (χ2v) is 10.2. The van der Waals surface area contributed by atoms with Gasteiger partial charge in [-0.1, -0.05) is 54.1 Å². The number of likely N-dealkylation sites (tertiary alicyclic amines) is 1. The van der Waals surface area contributed by atoms with Crippen molar-refractivity contribution in [1.29, 1.82) is 0 Å². The summed E-state index contributed by atoms with van der Waals surface area (Å²) in [6.07, 6.45) is 5.86. The van der Waals surface area contributed by atoms with E-state index in [1.54, 1.807) is 0 Å². The monoisotopic (exact) mass is 480 g/mol. The fourth-order valence-electron chi connectivity index (χ4n) is 5.26. The van der Waals surface area contributed by atoms with Crippen LogP contribution >= 0.6 is 11.6 Å². The lowest BCUT2D eigenvalue weighted by molar-refractivity contribution is -0.135. The number of carbonyl (C=O) groups excluding carboxylic acids is 3. The van der Waals surface area contributed by atoms with E-state index in [1.165, 1.54) is 5.56 Å². The third-order valence-corrected chi connectivity index (χ3v) is 7.49. The fourth-order valence-corrected chi connectivity index (χ4v) is 5.39. The summed E-state index contributed by atoms with van der Waals surface area (Å²) in [5.41, 5.74) is 1.87. The Bertz CT molecular complexity index is 1010. The first-order chi connectivity index (χ1) is 16.4. The zero-order valence-electron chi connectivity index (χ0n) is 19.6. The molecule has 2 amide bonds. The Morgan fingerprint density at radius 3 is 2.50 bits per heavy atom. The highest BCUT2D eigenvalue weighted by atomic mass is 35.5. The molecular formula is C28H33ClN2O3. The molecule has 34 heavy (non-hydrogen) atoms. The van der Waals surface area contributed by atoms with Crippen molar-refractivity contribution in [2.75, 3.05) is 13.1 Å². The molecule has 0 aliphatic carbocycles. The maximum atomic E-state index is 13.1. The molecule has 180 valence electrons. The van der Waals surface area contributed by atoms with E-state index in [4.69, 9.17) is 11.6 Å². The second-order valence-electron chi connectivity index (χ2n) is 9.76. The fraction of sp³-hybridized carbons (Fsp3) is 0.464. The Labute approximate surface area is 206 Å². The lowest BCUT2D eigenvalue weighted by Gasteiger charge is -2.34. The quantitative estimate of drug-likeness (QED) is 0.563. The van der Waals surface area contributed by atoms with Crippen molar-refractivity contribution in [2.45, 2.75) is 63.3 Å². The van der Waals surface area contributed by atoms with Crippen molar-refractivity contribution >= 4 is 29.2 Å². The van der Waals surface area contributed by atoms with Gasteiger partial charge in [-0.2, -0.15) is 0 Å². The molecule has 0 saturated carbocycles. The Balaban J connectivity index is 1.31. The number of Topliss-reactive ketones (excluding diaryl/α,β-unsaturated/α-hetero) is 1. The number of rotatable bonds is 9. The molecule has 2 aliphatic heterocycles. The van der Waals surface area contributed by atoms with Crippen LogP contribution in [-0.4, -0.2) is 41.1 Å². The number of carbonyl (C=O) groups is 3. The number of amides is 2. The molecule has 2 heterocycles. The van der Waals surface area contributed by atoms with Gasteiger partial charge in [-0.25, -0.2) is 0 Å². The third kappa shape index (κ3) is 6.47. The van der Waals surface area contributed by atoms with E-state index in [0.29, 0.717) is 50.2 Å². The van der Waals surface area contributed by atoms with Gasteiger partial charge in [-0.05, 0) is 61.8 Å². The molecule has 0 spiro atoms. The van der Waals surface area contributed by atoms with E-state index in [1.807, 2.05) is 59.5 Å². The maximum Gasteiger partial charge on any atom is 0.222 e. The van der Waals surface area contributed by atoms with Crippen molar-refractivity contribution in [3.63, 3.8) is 0 Å². The Morgan fingerprint density at radius 1 is 1.03 bits per heavy atom. The van der Waals surface area contributed by atoms with Gasteiger partial charge in [0.05, 0.1) is 0 Å². The highest BCUT2D eigenvalue weighted by molar-refractivity contribution is 6.30. The number of nitrogens with zero attached hydrogens (tertiary/aromatic N) is 1. The van der Waals surface area contributed by atoms with Gasteiger partial charge in [-0.3, -0.25) is 14.4 Å². The molecule has 2 saturated heterocycles. The zero-order chi connectivity index (χ0) is 24.0. The number of benzene rings is 2. The largest absolute Gasteiger partial charge is 0.350 e. The summed E-state index contributed by atoms with van der Waals surface area (Å²) in [5, 5.41) is 3.83. The SMILES string of the molecule is O=C1CC[C@@](CCC(=O)N2CCC[C@H](C(=O)CCc3ccccc3)C2)(Cc2ccc(Cl)cc2)N1. The van der Waals surface area contributed by atoms with Gasteiger partial charge >= 0.3 is 0 Å². The molecule has 2 fully saturated rings. The third-order valence-electron chi connectivity index (χ3n) is 7.24. The minimum atomic E-state index is -0.402. The highest BCUT2D eigenvalue weighted by Crippen LogP contribution is 2.31. The number of halogens is 1. The van der Waals surface area contributed by atoms with Crippen molar-refractivity contribution in [1.82, 2.24) is 10.2 Å². The summed E-state index contributed by atoms with van der Waals surface area (Å²) in [7, 11) is 0. The molecule has 0 bridgehead atoms. The van der Waals surface area contributed by atoms with Gasteiger partial charge in [-0.15, -0.1) is 0 Å². The molecule has 2 aromatic carbocycles. The van der Waals surface area contributed by atoms with Crippen LogP contribution in [0.1, 0.15) is 56.1 Å². The number of hydrogen-bond donors (Lipinski definition) is 1. The first kappa shape index (κ1) is 24.5. The number of ketones is 1. The number of hydrogen-bond acceptors (Lipinski definition) is 3. The van der Waals surface area contributed by atoms with Gasteiger partial charge in [0.2, 0.25) is 11.8 Å². The molecule has 0 radical (unpaired) electrons. The smallest absolute Gasteiger partial charge is 0.222 e. The minimum absolute atomic E-state index is 0.0449. The van der Waals surface area contributed by atoms with E-state index in [2.05, 4.69) is 5.32 Å². The van der Waals surface area contributed by atoms with Crippen molar-refractivity contribution < 1.29 is 14.4 Å². The molecule has 2 aromatic rings. The van der Waals surface area contributed by atoms with Gasteiger partial charge in [0.15, 0.2) is 0 Å². The summed E-state index contributed by atoms with van der Waals surface area (Å²) in [6, 6.07) is 17.7. The summed E-state index contributed by atoms with van der Waals surface area (Å²) in [4.78, 5) is 39.9. The van der Waals surface area contributed by atoms with E-state index in [0.717, 1.165) is 31.2 Å². The van der Waals surface area contributed by atoms with Crippen LogP contribution in [0.2, 0.25) is 5.02 Å². The van der Waals surface area contributed by atoms with E-state index in [9.17, 15) is 14.4 Å². The Hall–Kier alpha value is -2.66. The zero-order valence-corrected chi connectivity index (χ0v) is 20.4. The van der Waals surface area contributed by atoms with E-state index >= 15 is 0 Å². The molecule has 6 heteroatoms. The Kier molecular flexibility index (Phi) is 8.04. The lowest BCUT2D eigenvalue weighted by atomic mass is 9.84. The molecule has 0 unspecified atom stereocenters.